The van der Waals surface area contributed by atoms with Crippen LogP contribution in [0.2, 0.25) is 0 Å². The highest BCUT2D eigenvalue weighted by molar-refractivity contribution is 5.92. The van der Waals surface area contributed by atoms with Gasteiger partial charge in [0.05, 0.1) is 30.3 Å². The molecule has 1 aliphatic heterocycles. The van der Waals surface area contributed by atoms with Gasteiger partial charge in [-0.15, -0.1) is 0 Å². The number of carbonyl (C=O) groups excluding carboxylic acids is 1. The number of carbonyl (C=O) groups is 1. The van der Waals surface area contributed by atoms with Crippen molar-refractivity contribution < 1.29 is 28.7 Å². The Kier molecular flexibility index (Phi) is 6.00. The first-order valence-corrected chi connectivity index (χ1v) is 8.55. The van der Waals surface area contributed by atoms with Crippen LogP contribution in [0.4, 0.5) is 5.69 Å². The molecule has 0 unspecified atom stereocenters. The molecule has 0 N–H and O–H groups in total. The molecule has 2 aromatic rings. The predicted octanol–water partition coefficient (Wildman–Crippen LogP) is 3.65. The van der Waals surface area contributed by atoms with Crippen molar-refractivity contribution in [2.45, 2.75) is 19.6 Å². The molecule has 1 saturated heterocycles. The normalized spacial score (nSPS) is 14.6. The second-order valence-electron chi connectivity index (χ2n) is 5.76. The third kappa shape index (κ3) is 4.60. The first-order chi connectivity index (χ1) is 13.1. The molecule has 0 aromatic heterocycles. The van der Waals surface area contributed by atoms with E-state index < -0.39 is 17.2 Å². The Morgan fingerprint density at radius 3 is 2.70 bits per heavy atom. The van der Waals surface area contributed by atoms with E-state index in [0.29, 0.717) is 31.1 Å². The fourth-order valence-electron chi connectivity index (χ4n) is 2.63. The zero-order valence-electron chi connectivity index (χ0n) is 14.8. The molecular weight excluding hydrogens is 354 g/mol. The van der Waals surface area contributed by atoms with E-state index in [4.69, 9.17) is 18.9 Å². The highest BCUT2D eigenvalue weighted by atomic mass is 16.7. The van der Waals surface area contributed by atoms with Gasteiger partial charge in [0.15, 0.2) is 6.29 Å². The molecule has 0 atom stereocenters. The molecule has 0 radical (unpaired) electrons. The van der Waals surface area contributed by atoms with Crippen molar-refractivity contribution in [1.82, 2.24) is 0 Å². The van der Waals surface area contributed by atoms with Gasteiger partial charge >= 0.3 is 11.7 Å². The van der Waals surface area contributed by atoms with Crippen LogP contribution in [0.25, 0.3) is 0 Å². The summed E-state index contributed by atoms with van der Waals surface area (Å²) < 4.78 is 21.5. The highest BCUT2D eigenvalue weighted by Crippen LogP contribution is 2.33. The van der Waals surface area contributed by atoms with E-state index in [2.05, 4.69) is 0 Å². The van der Waals surface area contributed by atoms with Crippen LogP contribution in [0.15, 0.2) is 42.5 Å². The van der Waals surface area contributed by atoms with Crippen molar-refractivity contribution in [2.24, 2.45) is 0 Å². The van der Waals surface area contributed by atoms with Crippen molar-refractivity contribution in [3.8, 4) is 11.5 Å². The average molecular weight is 373 g/mol. The van der Waals surface area contributed by atoms with Gasteiger partial charge in [-0.25, -0.2) is 4.79 Å². The lowest BCUT2D eigenvalue weighted by atomic mass is 10.1. The van der Waals surface area contributed by atoms with Crippen LogP contribution < -0.4 is 9.47 Å². The smallest absolute Gasteiger partial charge is 0.343 e. The standard InChI is InChI=1S/C19H19NO7/c1-2-24-15-6-3-5-13(11-15)18(21)27-17-8-7-14(12-16(17)20(22)23)19-25-9-4-10-26-19/h3,5-8,11-12,19H,2,4,9-10H2,1H3. The number of ether oxygens (including phenoxy) is 4. The number of hydrogen-bond donors (Lipinski definition) is 0. The summed E-state index contributed by atoms with van der Waals surface area (Å²) in [7, 11) is 0. The molecule has 142 valence electrons. The van der Waals surface area contributed by atoms with Gasteiger partial charge in [0.25, 0.3) is 0 Å². The molecule has 0 spiro atoms. The summed E-state index contributed by atoms with van der Waals surface area (Å²) in [5.74, 6) is -0.340. The Balaban J connectivity index is 1.82. The van der Waals surface area contributed by atoms with Gasteiger partial charge in [-0.05, 0) is 43.7 Å². The second kappa shape index (κ2) is 8.61. The minimum absolute atomic E-state index is 0.147. The van der Waals surface area contributed by atoms with Gasteiger partial charge in [-0.1, -0.05) is 6.07 Å². The lowest BCUT2D eigenvalue weighted by molar-refractivity contribution is -0.385. The van der Waals surface area contributed by atoms with Crippen LogP contribution >= 0.6 is 0 Å². The molecule has 1 fully saturated rings. The van der Waals surface area contributed by atoms with E-state index in [-0.39, 0.29) is 17.0 Å². The van der Waals surface area contributed by atoms with Gasteiger partial charge in [0, 0.05) is 11.6 Å². The van der Waals surface area contributed by atoms with Crippen molar-refractivity contribution in [2.75, 3.05) is 19.8 Å². The fourth-order valence-corrected chi connectivity index (χ4v) is 2.63. The third-order valence-corrected chi connectivity index (χ3v) is 3.86. The third-order valence-electron chi connectivity index (χ3n) is 3.86. The summed E-state index contributed by atoms with van der Waals surface area (Å²) >= 11 is 0. The van der Waals surface area contributed by atoms with E-state index in [0.717, 1.165) is 6.42 Å². The van der Waals surface area contributed by atoms with Crippen LogP contribution in [0.5, 0.6) is 11.5 Å². The van der Waals surface area contributed by atoms with Gasteiger partial charge in [-0.3, -0.25) is 10.1 Å². The Morgan fingerprint density at radius 2 is 2.00 bits per heavy atom. The summed E-state index contributed by atoms with van der Waals surface area (Å²) in [6.45, 7) is 3.32. The SMILES string of the molecule is CCOc1cccc(C(=O)Oc2ccc(C3OCCCO3)cc2[N+](=O)[O-])c1. The molecule has 8 heteroatoms. The summed E-state index contributed by atoms with van der Waals surface area (Å²) in [6, 6.07) is 10.7. The van der Waals surface area contributed by atoms with Crippen LogP contribution in [0.3, 0.4) is 0 Å². The van der Waals surface area contributed by atoms with E-state index >= 15 is 0 Å². The number of nitrogens with zero attached hydrogens (tertiary/aromatic N) is 1. The molecule has 0 bridgehead atoms. The number of rotatable bonds is 6. The second-order valence-corrected chi connectivity index (χ2v) is 5.76. The number of benzene rings is 2. The zero-order chi connectivity index (χ0) is 19.2. The molecule has 8 nitrogen and oxygen atoms in total. The van der Waals surface area contributed by atoms with Gasteiger partial charge in [0.1, 0.15) is 5.75 Å². The summed E-state index contributed by atoms with van der Waals surface area (Å²) in [5.41, 5.74) is 0.400. The van der Waals surface area contributed by atoms with Crippen molar-refractivity contribution in [1.29, 1.82) is 0 Å². The van der Waals surface area contributed by atoms with Crippen molar-refractivity contribution in [3.63, 3.8) is 0 Å². The Morgan fingerprint density at radius 1 is 1.22 bits per heavy atom. The molecule has 1 aliphatic rings. The Hall–Kier alpha value is -2.97. The Bertz CT molecular complexity index is 831. The first kappa shape index (κ1) is 18.8. The van der Waals surface area contributed by atoms with E-state index in [9.17, 15) is 14.9 Å². The zero-order valence-corrected chi connectivity index (χ0v) is 14.8. The van der Waals surface area contributed by atoms with Gasteiger partial charge in [-0.2, -0.15) is 0 Å². The molecule has 27 heavy (non-hydrogen) atoms. The maximum absolute atomic E-state index is 12.4. The van der Waals surface area contributed by atoms with Crippen molar-refractivity contribution >= 4 is 11.7 Å². The van der Waals surface area contributed by atoms with Crippen LogP contribution in [-0.2, 0) is 9.47 Å². The minimum Gasteiger partial charge on any atom is -0.494 e. The molecule has 1 heterocycles. The maximum Gasteiger partial charge on any atom is 0.343 e. The number of esters is 1. The predicted molar refractivity (Wildman–Crippen MR) is 94.9 cm³/mol. The number of nitro groups is 1. The lowest BCUT2D eigenvalue weighted by Gasteiger charge is -2.23. The summed E-state index contributed by atoms with van der Waals surface area (Å²) in [5, 5.41) is 11.4. The molecule has 0 amide bonds. The average Bonchev–Trinajstić information content (AvgIpc) is 2.69. The van der Waals surface area contributed by atoms with Crippen molar-refractivity contribution in [3.05, 3.63) is 63.7 Å². The van der Waals surface area contributed by atoms with E-state index in [1.807, 2.05) is 6.92 Å². The summed E-state index contributed by atoms with van der Waals surface area (Å²) in [6.07, 6.45) is 0.111. The number of nitro benzene ring substituents is 1. The number of hydrogen-bond acceptors (Lipinski definition) is 7. The quantitative estimate of drug-likeness (QED) is 0.330. The topological polar surface area (TPSA) is 97.1 Å². The van der Waals surface area contributed by atoms with Crippen LogP contribution in [0.1, 0.15) is 35.6 Å². The van der Waals surface area contributed by atoms with Crippen LogP contribution in [0, 0.1) is 10.1 Å². The Labute approximate surface area is 155 Å². The van der Waals surface area contributed by atoms with E-state index in [1.165, 1.54) is 18.2 Å². The van der Waals surface area contributed by atoms with E-state index in [1.54, 1.807) is 24.3 Å². The maximum atomic E-state index is 12.4. The fraction of sp³-hybridized carbons (Fsp3) is 0.316. The molecule has 3 rings (SSSR count). The molecule has 2 aromatic carbocycles. The monoisotopic (exact) mass is 373 g/mol. The molecular formula is C19H19NO7. The largest absolute Gasteiger partial charge is 0.494 e. The van der Waals surface area contributed by atoms with Gasteiger partial charge in [0.2, 0.25) is 5.75 Å². The molecule has 0 saturated carbocycles. The highest BCUT2D eigenvalue weighted by Gasteiger charge is 2.24. The van der Waals surface area contributed by atoms with Gasteiger partial charge < -0.3 is 18.9 Å². The summed E-state index contributed by atoms with van der Waals surface area (Å²) in [4.78, 5) is 23.2. The minimum atomic E-state index is -0.711. The first-order valence-electron chi connectivity index (χ1n) is 8.55. The van der Waals surface area contributed by atoms with Crippen LogP contribution in [-0.4, -0.2) is 30.7 Å². The lowest BCUT2D eigenvalue weighted by Crippen LogP contribution is -2.18. The molecule has 0 aliphatic carbocycles.